The van der Waals surface area contributed by atoms with Gasteiger partial charge in [0.25, 0.3) is 5.78 Å². The number of nitrogens with zero attached hydrogens (tertiary/aromatic N) is 8. The lowest BCUT2D eigenvalue weighted by Crippen LogP contribution is -2.54. The van der Waals surface area contributed by atoms with Crippen LogP contribution in [-0.2, 0) is 9.47 Å². The predicted molar refractivity (Wildman–Crippen MR) is 121 cm³/mol. The molecule has 0 amide bonds. The highest BCUT2D eigenvalue weighted by Crippen LogP contribution is 2.25. The van der Waals surface area contributed by atoms with E-state index in [0.29, 0.717) is 17.9 Å². The molecule has 0 aliphatic carbocycles. The zero-order valence-electron chi connectivity index (χ0n) is 19.3. The van der Waals surface area contributed by atoms with Gasteiger partial charge in [-0.1, -0.05) is 0 Å². The van der Waals surface area contributed by atoms with Gasteiger partial charge in [0, 0.05) is 84.7 Å². The molecule has 0 radical (unpaired) electrons. The summed E-state index contributed by atoms with van der Waals surface area (Å²) in [6, 6.07) is 3.09. The lowest BCUT2D eigenvalue weighted by Gasteiger charge is -2.42. The molecule has 4 heterocycles. The van der Waals surface area contributed by atoms with Gasteiger partial charge in [-0.3, -0.25) is 9.80 Å². The molecule has 31 heavy (non-hydrogen) atoms. The number of rotatable bonds is 8. The van der Waals surface area contributed by atoms with Crippen LogP contribution in [0.1, 0.15) is 13.8 Å². The molecule has 10 heteroatoms. The van der Waals surface area contributed by atoms with Gasteiger partial charge in [0.15, 0.2) is 0 Å². The number of methoxy groups -OCH3 is 2. The molecule has 0 N–H and O–H groups in total. The fourth-order valence-corrected chi connectivity index (χ4v) is 4.66. The van der Waals surface area contributed by atoms with Crippen LogP contribution >= 0.6 is 0 Å². The van der Waals surface area contributed by atoms with E-state index in [1.807, 2.05) is 4.52 Å². The monoisotopic (exact) mass is 432 g/mol. The maximum absolute atomic E-state index is 5.27. The molecule has 2 aromatic heterocycles. The van der Waals surface area contributed by atoms with Crippen LogP contribution < -0.4 is 9.80 Å². The lowest BCUT2D eigenvalue weighted by molar-refractivity contribution is 0.117. The lowest BCUT2D eigenvalue weighted by atomic mass is 10.1. The molecular weight excluding hydrogens is 396 g/mol. The Morgan fingerprint density at radius 2 is 1.52 bits per heavy atom. The van der Waals surface area contributed by atoms with E-state index < -0.39 is 0 Å². The third kappa shape index (κ3) is 4.92. The standard InChI is InChI=1S/C21H36N8O2/c1-17-14-27(7-5-25(17)9-11-30-3)19-13-20(29-21(24-19)22-16-23-29)28-8-6-26(10-12-31-4)18(2)15-28/h13,16-18H,5-12,14-15H2,1-4H3/t17-,18-/m1/s1. The van der Waals surface area contributed by atoms with Crippen LogP contribution in [0.15, 0.2) is 12.4 Å². The van der Waals surface area contributed by atoms with Crippen molar-refractivity contribution in [1.82, 2.24) is 29.4 Å². The van der Waals surface area contributed by atoms with Gasteiger partial charge in [-0.2, -0.15) is 19.6 Å². The van der Waals surface area contributed by atoms with Crippen molar-refractivity contribution >= 4 is 17.4 Å². The van der Waals surface area contributed by atoms with E-state index >= 15 is 0 Å². The highest BCUT2D eigenvalue weighted by molar-refractivity contribution is 5.57. The quantitative estimate of drug-likeness (QED) is 0.591. The van der Waals surface area contributed by atoms with E-state index in [-0.39, 0.29) is 0 Å². The average Bonchev–Trinajstić information content (AvgIpc) is 3.25. The molecule has 2 aromatic rings. The molecule has 10 nitrogen and oxygen atoms in total. The Balaban J connectivity index is 1.51. The molecular formula is C21H36N8O2. The fraction of sp³-hybridized carbons (Fsp3) is 0.762. The van der Waals surface area contributed by atoms with Crippen molar-refractivity contribution in [2.24, 2.45) is 0 Å². The number of aromatic nitrogens is 4. The number of ether oxygens (including phenoxy) is 2. The Bertz CT molecular complexity index is 846. The van der Waals surface area contributed by atoms with Crippen molar-refractivity contribution in [3.05, 3.63) is 12.4 Å². The van der Waals surface area contributed by atoms with E-state index in [4.69, 9.17) is 14.5 Å². The van der Waals surface area contributed by atoms with Gasteiger partial charge in [-0.25, -0.2) is 0 Å². The smallest absolute Gasteiger partial charge is 0.256 e. The van der Waals surface area contributed by atoms with Gasteiger partial charge in [0.05, 0.1) is 13.2 Å². The molecule has 2 aliphatic rings. The van der Waals surface area contributed by atoms with Gasteiger partial charge in [-0.15, -0.1) is 0 Å². The summed E-state index contributed by atoms with van der Waals surface area (Å²) in [5, 5.41) is 4.46. The highest BCUT2D eigenvalue weighted by atomic mass is 16.5. The molecule has 2 aliphatic heterocycles. The fourth-order valence-electron chi connectivity index (χ4n) is 4.66. The second kappa shape index (κ2) is 10.1. The maximum Gasteiger partial charge on any atom is 0.256 e. The Labute approximate surface area is 184 Å². The molecule has 2 fully saturated rings. The molecule has 172 valence electrons. The summed E-state index contributed by atoms with van der Waals surface area (Å²) in [4.78, 5) is 19.0. The first-order valence-corrected chi connectivity index (χ1v) is 11.3. The molecule has 0 bridgehead atoms. The van der Waals surface area contributed by atoms with Gasteiger partial charge >= 0.3 is 0 Å². The Morgan fingerprint density at radius 3 is 2.13 bits per heavy atom. The van der Waals surface area contributed by atoms with Gasteiger partial charge in [-0.05, 0) is 13.8 Å². The van der Waals surface area contributed by atoms with Crippen LogP contribution in [0.25, 0.3) is 5.78 Å². The van der Waals surface area contributed by atoms with Crippen molar-refractivity contribution < 1.29 is 9.47 Å². The first-order chi connectivity index (χ1) is 15.1. The number of hydrogen-bond donors (Lipinski definition) is 0. The number of hydrogen-bond acceptors (Lipinski definition) is 9. The summed E-state index contributed by atoms with van der Waals surface area (Å²) in [7, 11) is 3.53. The van der Waals surface area contributed by atoms with Crippen LogP contribution in [0.4, 0.5) is 11.6 Å². The summed E-state index contributed by atoms with van der Waals surface area (Å²) >= 11 is 0. The molecule has 2 saturated heterocycles. The average molecular weight is 433 g/mol. The second-order valence-corrected chi connectivity index (χ2v) is 8.59. The zero-order chi connectivity index (χ0) is 21.8. The zero-order valence-corrected chi connectivity index (χ0v) is 19.3. The Kier molecular flexibility index (Phi) is 7.21. The summed E-state index contributed by atoms with van der Waals surface area (Å²) in [6.45, 7) is 13.9. The minimum absolute atomic E-state index is 0.448. The number of piperazine rings is 2. The van der Waals surface area contributed by atoms with E-state index in [9.17, 15) is 0 Å². The van der Waals surface area contributed by atoms with Crippen LogP contribution in [0.5, 0.6) is 0 Å². The van der Waals surface area contributed by atoms with Crippen LogP contribution in [0.3, 0.4) is 0 Å². The van der Waals surface area contributed by atoms with Gasteiger partial charge < -0.3 is 19.3 Å². The van der Waals surface area contributed by atoms with Gasteiger partial charge in [0.2, 0.25) is 0 Å². The summed E-state index contributed by atoms with van der Waals surface area (Å²) in [6.07, 6.45) is 1.60. The van der Waals surface area contributed by atoms with E-state index in [1.165, 1.54) is 0 Å². The topological polar surface area (TPSA) is 74.5 Å². The summed E-state index contributed by atoms with van der Waals surface area (Å²) in [5.41, 5.74) is 0. The highest BCUT2D eigenvalue weighted by Gasteiger charge is 2.28. The Morgan fingerprint density at radius 1 is 0.903 bits per heavy atom. The number of fused-ring (bicyclic) bond motifs is 1. The van der Waals surface area contributed by atoms with Crippen molar-refractivity contribution in [1.29, 1.82) is 0 Å². The maximum atomic E-state index is 5.27. The Hall–Kier alpha value is -2.01. The molecule has 0 unspecified atom stereocenters. The van der Waals surface area contributed by atoms with Gasteiger partial charge in [0.1, 0.15) is 18.0 Å². The van der Waals surface area contributed by atoms with Crippen molar-refractivity contribution in [3.63, 3.8) is 0 Å². The SMILES string of the molecule is COCCN1CCN(c2cc(N3CCN(CCOC)[C@H](C)C3)n3ncnc3n2)C[C@H]1C. The van der Waals surface area contributed by atoms with Crippen LogP contribution in [0, 0.1) is 0 Å². The number of anilines is 2. The third-order valence-corrected chi connectivity index (χ3v) is 6.56. The molecule has 0 spiro atoms. The minimum atomic E-state index is 0.448. The van der Waals surface area contributed by atoms with Crippen LogP contribution in [-0.4, -0.2) is 121 Å². The van der Waals surface area contributed by atoms with Crippen molar-refractivity contribution in [3.8, 4) is 0 Å². The van der Waals surface area contributed by atoms with Crippen LogP contribution in [0.2, 0.25) is 0 Å². The third-order valence-electron chi connectivity index (χ3n) is 6.56. The van der Waals surface area contributed by atoms with E-state index in [2.05, 4.69) is 49.6 Å². The molecule has 4 rings (SSSR count). The minimum Gasteiger partial charge on any atom is -0.383 e. The normalized spacial score (nSPS) is 23.7. The first kappa shape index (κ1) is 22.2. The first-order valence-electron chi connectivity index (χ1n) is 11.3. The second-order valence-electron chi connectivity index (χ2n) is 8.59. The van der Waals surface area contributed by atoms with E-state index in [0.717, 1.165) is 77.2 Å². The van der Waals surface area contributed by atoms with E-state index in [1.54, 1.807) is 20.5 Å². The summed E-state index contributed by atoms with van der Waals surface area (Å²) < 4.78 is 12.4. The summed E-state index contributed by atoms with van der Waals surface area (Å²) in [5.74, 6) is 2.73. The van der Waals surface area contributed by atoms with Crippen molar-refractivity contribution in [2.75, 3.05) is 89.6 Å². The largest absolute Gasteiger partial charge is 0.383 e. The predicted octanol–water partition coefficient (Wildman–Crippen LogP) is 0.438. The molecule has 2 atom stereocenters. The molecule has 0 aromatic carbocycles. The molecule has 0 saturated carbocycles. The van der Waals surface area contributed by atoms with Crippen molar-refractivity contribution in [2.45, 2.75) is 25.9 Å².